The Morgan fingerprint density at radius 3 is 1.55 bits per heavy atom. The van der Waals surface area contributed by atoms with E-state index in [1.807, 2.05) is 0 Å². The zero-order chi connectivity index (χ0) is 23.2. The van der Waals surface area contributed by atoms with Crippen molar-refractivity contribution in [1.82, 2.24) is 9.97 Å². The van der Waals surface area contributed by atoms with Crippen LogP contribution in [-0.2, 0) is 12.8 Å². The summed E-state index contributed by atoms with van der Waals surface area (Å²) in [5.41, 5.74) is 3.20. The van der Waals surface area contributed by atoms with Crippen molar-refractivity contribution in [3.63, 3.8) is 0 Å². The molecule has 0 N–H and O–H groups in total. The fraction of sp³-hybridized carbons (Fsp3) is 0.250. The molecule has 7 nitrogen and oxygen atoms in total. The van der Waals surface area contributed by atoms with Gasteiger partial charge in [0.05, 0.1) is 4.92 Å². The molecule has 3 aromatic rings. The number of aryl methyl sites for hydroxylation is 2. The second kappa shape index (κ2) is 13.5. The summed E-state index contributed by atoms with van der Waals surface area (Å²) in [6, 6.07) is 19.0. The average Bonchev–Trinajstić information content (AvgIpc) is 2.80. The summed E-state index contributed by atoms with van der Waals surface area (Å²) in [5, 5.41) is 10.0. The molecule has 31 heavy (non-hydrogen) atoms. The van der Waals surface area contributed by atoms with Gasteiger partial charge in [-0.3, -0.25) is 24.7 Å². The second-order valence-corrected chi connectivity index (χ2v) is 6.44. The SMILES string of the molecule is CC(=O)c1cccc(C(C)=O)n1.CCc1cccc(CC)n1.O=[N+]([O-])c1ccccc1. The van der Waals surface area contributed by atoms with Crippen molar-refractivity contribution in [2.45, 2.75) is 40.5 Å². The summed E-state index contributed by atoms with van der Waals surface area (Å²) < 4.78 is 0. The smallest absolute Gasteiger partial charge is 0.269 e. The Balaban J connectivity index is 0.000000235. The molecule has 0 fully saturated rings. The molecule has 0 spiro atoms. The predicted molar refractivity (Wildman–Crippen MR) is 120 cm³/mol. The van der Waals surface area contributed by atoms with Crippen molar-refractivity contribution in [3.8, 4) is 0 Å². The lowest BCUT2D eigenvalue weighted by molar-refractivity contribution is -0.384. The highest BCUT2D eigenvalue weighted by molar-refractivity contribution is 5.96. The van der Waals surface area contributed by atoms with Gasteiger partial charge in [-0.25, -0.2) is 4.98 Å². The van der Waals surface area contributed by atoms with Crippen LogP contribution in [-0.4, -0.2) is 26.5 Å². The molecule has 0 atom stereocenters. The molecule has 0 aliphatic heterocycles. The Hall–Kier alpha value is -3.74. The number of Topliss-reactive ketones (excluding diaryl/α,β-unsaturated/α-hetero) is 2. The monoisotopic (exact) mass is 421 g/mol. The number of rotatable bonds is 5. The van der Waals surface area contributed by atoms with Crippen molar-refractivity contribution in [2.24, 2.45) is 0 Å². The third-order valence-corrected chi connectivity index (χ3v) is 4.03. The number of aromatic nitrogens is 2. The minimum absolute atomic E-state index is 0.127. The van der Waals surface area contributed by atoms with E-state index >= 15 is 0 Å². The van der Waals surface area contributed by atoms with Gasteiger partial charge in [-0.05, 0) is 37.1 Å². The van der Waals surface area contributed by atoms with Crippen LogP contribution in [0.3, 0.4) is 0 Å². The van der Waals surface area contributed by atoms with E-state index in [1.54, 1.807) is 36.4 Å². The van der Waals surface area contributed by atoms with Gasteiger partial charge in [0, 0.05) is 37.4 Å². The molecule has 0 saturated heterocycles. The van der Waals surface area contributed by atoms with E-state index in [0.717, 1.165) is 12.8 Å². The van der Waals surface area contributed by atoms with Gasteiger partial charge >= 0.3 is 0 Å². The standard InChI is InChI=1S/C9H9NO2.C9H13N.C6H5NO2/c1-6(11)8-4-3-5-9(10-8)7(2)12;1-3-8-6-5-7-9(4-2)10-8;8-7(9)6-4-2-1-3-5-6/h3-5H,1-2H3;5-7H,3-4H2,1-2H3;1-5H. The molecular formula is C24H27N3O4. The number of para-hydroxylation sites is 1. The zero-order valence-electron chi connectivity index (χ0n) is 18.2. The molecule has 0 amide bonds. The molecule has 162 valence electrons. The first-order valence-corrected chi connectivity index (χ1v) is 9.91. The fourth-order valence-corrected chi connectivity index (χ4v) is 2.30. The predicted octanol–water partition coefficient (Wildman–Crippen LogP) is 5.29. The van der Waals surface area contributed by atoms with Gasteiger partial charge < -0.3 is 0 Å². The maximum atomic E-state index is 10.8. The number of benzene rings is 1. The zero-order valence-corrected chi connectivity index (χ0v) is 18.2. The van der Waals surface area contributed by atoms with E-state index in [4.69, 9.17) is 0 Å². The number of nitro benzene ring substituents is 1. The van der Waals surface area contributed by atoms with E-state index in [0.29, 0.717) is 11.4 Å². The van der Waals surface area contributed by atoms with Crippen LogP contribution < -0.4 is 0 Å². The van der Waals surface area contributed by atoms with Crippen LogP contribution in [0, 0.1) is 10.1 Å². The molecule has 1 aromatic carbocycles. The van der Waals surface area contributed by atoms with Crippen LogP contribution in [0.2, 0.25) is 0 Å². The van der Waals surface area contributed by atoms with E-state index < -0.39 is 4.92 Å². The van der Waals surface area contributed by atoms with Gasteiger partial charge in [0.15, 0.2) is 11.6 Å². The second-order valence-electron chi connectivity index (χ2n) is 6.44. The molecule has 7 heteroatoms. The highest BCUT2D eigenvalue weighted by atomic mass is 16.6. The minimum atomic E-state index is -0.417. The summed E-state index contributed by atoms with van der Waals surface area (Å²) >= 11 is 0. The molecule has 0 bridgehead atoms. The Labute approximate surface area is 182 Å². The Kier molecular flexibility index (Phi) is 11.0. The highest BCUT2D eigenvalue weighted by Gasteiger charge is 2.04. The number of hydrogen-bond donors (Lipinski definition) is 0. The summed E-state index contributed by atoms with van der Waals surface area (Å²) in [5.74, 6) is -0.254. The lowest BCUT2D eigenvalue weighted by Crippen LogP contribution is -2.02. The number of ketones is 2. The summed E-state index contributed by atoms with van der Waals surface area (Å²) in [6.45, 7) is 7.10. The molecule has 3 rings (SSSR count). The molecule has 0 saturated carbocycles. The fourth-order valence-electron chi connectivity index (χ4n) is 2.30. The molecule has 2 heterocycles. The topological polar surface area (TPSA) is 103 Å². The molecule has 0 unspecified atom stereocenters. The quantitative estimate of drug-likeness (QED) is 0.315. The van der Waals surface area contributed by atoms with Gasteiger partial charge in [0.2, 0.25) is 0 Å². The minimum Gasteiger partial charge on any atom is -0.293 e. The average molecular weight is 421 g/mol. The van der Waals surface area contributed by atoms with Crippen LogP contribution in [0.25, 0.3) is 0 Å². The number of carbonyl (C=O) groups is 2. The van der Waals surface area contributed by atoms with Crippen LogP contribution >= 0.6 is 0 Å². The van der Waals surface area contributed by atoms with Crippen LogP contribution in [0.5, 0.6) is 0 Å². The molecule has 0 radical (unpaired) electrons. The Bertz CT molecular complexity index is 956. The van der Waals surface area contributed by atoms with Crippen molar-refractivity contribution < 1.29 is 14.5 Å². The van der Waals surface area contributed by atoms with E-state index in [2.05, 4.69) is 42.0 Å². The van der Waals surface area contributed by atoms with Crippen molar-refractivity contribution in [3.05, 3.63) is 99.6 Å². The normalized spacial score (nSPS) is 9.42. The third kappa shape index (κ3) is 9.54. The largest absolute Gasteiger partial charge is 0.293 e. The van der Waals surface area contributed by atoms with Gasteiger partial charge in [0.25, 0.3) is 5.69 Å². The molecule has 0 aliphatic rings. The number of non-ortho nitro benzene ring substituents is 1. The highest BCUT2D eigenvalue weighted by Crippen LogP contribution is 2.06. The van der Waals surface area contributed by atoms with Crippen molar-refractivity contribution in [2.75, 3.05) is 0 Å². The van der Waals surface area contributed by atoms with Crippen LogP contribution in [0.1, 0.15) is 60.1 Å². The number of hydrogen-bond acceptors (Lipinski definition) is 6. The maximum absolute atomic E-state index is 10.8. The van der Waals surface area contributed by atoms with Crippen LogP contribution in [0.4, 0.5) is 5.69 Å². The Morgan fingerprint density at radius 1 is 0.742 bits per heavy atom. The summed E-state index contributed by atoms with van der Waals surface area (Å²) in [4.78, 5) is 39.6. The maximum Gasteiger partial charge on any atom is 0.269 e. The number of nitro groups is 1. The lowest BCUT2D eigenvalue weighted by atomic mass is 10.2. The number of nitrogens with zero attached hydrogens (tertiary/aromatic N) is 3. The van der Waals surface area contributed by atoms with Gasteiger partial charge in [0.1, 0.15) is 11.4 Å². The lowest BCUT2D eigenvalue weighted by Gasteiger charge is -1.97. The number of carbonyl (C=O) groups excluding carboxylic acids is 2. The van der Waals surface area contributed by atoms with Crippen molar-refractivity contribution in [1.29, 1.82) is 0 Å². The molecule has 2 aromatic heterocycles. The van der Waals surface area contributed by atoms with Gasteiger partial charge in [-0.15, -0.1) is 0 Å². The first-order valence-electron chi connectivity index (χ1n) is 9.91. The van der Waals surface area contributed by atoms with Gasteiger partial charge in [-0.1, -0.05) is 44.2 Å². The first kappa shape index (κ1) is 25.3. The van der Waals surface area contributed by atoms with Crippen LogP contribution in [0.15, 0.2) is 66.7 Å². The number of pyridine rings is 2. The van der Waals surface area contributed by atoms with E-state index in [9.17, 15) is 19.7 Å². The molecular weight excluding hydrogens is 394 g/mol. The summed E-state index contributed by atoms with van der Waals surface area (Å²) in [6.07, 6.45) is 2.07. The van der Waals surface area contributed by atoms with Crippen molar-refractivity contribution >= 4 is 17.3 Å². The Morgan fingerprint density at radius 2 is 1.19 bits per heavy atom. The molecule has 0 aliphatic carbocycles. The summed E-state index contributed by atoms with van der Waals surface area (Å²) in [7, 11) is 0. The third-order valence-electron chi connectivity index (χ3n) is 4.03. The van der Waals surface area contributed by atoms with Gasteiger partial charge in [-0.2, -0.15) is 0 Å². The van der Waals surface area contributed by atoms with E-state index in [-0.39, 0.29) is 17.3 Å². The first-order chi connectivity index (χ1) is 14.8. The van der Waals surface area contributed by atoms with E-state index in [1.165, 1.54) is 37.4 Å².